The highest BCUT2D eigenvalue weighted by Crippen LogP contribution is 2.52. The van der Waals surface area contributed by atoms with E-state index in [0.717, 1.165) is 17.1 Å². The minimum Gasteiger partial charge on any atom is -0.465 e. The normalized spacial score (nSPS) is 28.0. The summed E-state index contributed by atoms with van der Waals surface area (Å²) in [6.07, 6.45) is 1.89. The molecule has 0 radical (unpaired) electrons. The first kappa shape index (κ1) is 18.0. The van der Waals surface area contributed by atoms with E-state index in [2.05, 4.69) is 12.1 Å². The Morgan fingerprint density at radius 1 is 1.24 bits per heavy atom. The molecule has 5 nitrogen and oxygen atoms in total. The molecule has 2 atom stereocenters. The fourth-order valence-electron chi connectivity index (χ4n) is 3.60. The van der Waals surface area contributed by atoms with Gasteiger partial charge in [0, 0.05) is 24.0 Å². The molecule has 0 unspecified atom stereocenters. The summed E-state index contributed by atoms with van der Waals surface area (Å²) in [7, 11) is 1.33. The van der Waals surface area contributed by atoms with E-state index in [9.17, 15) is 9.59 Å². The molecule has 134 valence electrons. The van der Waals surface area contributed by atoms with Crippen LogP contribution in [0.25, 0.3) is 0 Å². The molecule has 0 saturated carbocycles. The molecule has 25 heavy (non-hydrogen) atoms. The van der Waals surface area contributed by atoms with E-state index in [1.165, 1.54) is 14.0 Å². The zero-order chi connectivity index (χ0) is 18.1. The number of fused-ring (bicyclic) bond motifs is 2. The Morgan fingerprint density at radius 2 is 1.96 bits per heavy atom. The van der Waals surface area contributed by atoms with Crippen LogP contribution in [-0.2, 0) is 23.8 Å². The third-order valence-corrected chi connectivity index (χ3v) is 5.97. The maximum atomic E-state index is 12.3. The monoisotopic (exact) mass is 362 g/mol. The number of hydrogen-bond donors (Lipinski definition) is 0. The highest BCUT2D eigenvalue weighted by Gasteiger charge is 2.56. The Bertz CT molecular complexity index is 714. The Hall–Kier alpha value is -1.79. The molecule has 2 bridgehead atoms. The number of carbonyl (C=O) groups excluding carboxylic acids is 2. The van der Waals surface area contributed by atoms with Crippen LogP contribution in [0.5, 0.6) is 0 Å². The fourth-order valence-corrected chi connectivity index (χ4v) is 4.68. The summed E-state index contributed by atoms with van der Waals surface area (Å²) in [5.74, 6) is 0.183. The van der Waals surface area contributed by atoms with Gasteiger partial charge >= 0.3 is 11.9 Å². The van der Waals surface area contributed by atoms with Crippen molar-refractivity contribution in [3.8, 4) is 0 Å². The molecular formula is C19H22O5S. The van der Waals surface area contributed by atoms with Gasteiger partial charge in [-0.2, -0.15) is 0 Å². The fraction of sp³-hybridized carbons (Fsp3) is 0.474. The highest BCUT2D eigenvalue weighted by molar-refractivity contribution is 7.99. The smallest absolute Gasteiger partial charge is 0.340 e. The minimum absolute atomic E-state index is 0.336. The van der Waals surface area contributed by atoms with Crippen molar-refractivity contribution >= 4 is 23.7 Å². The molecule has 3 rings (SSSR count). The molecule has 2 aliphatic heterocycles. The van der Waals surface area contributed by atoms with E-state index in [-0.39, 0.29) is 0 Å². The summed E-state index contributed by atoms with van der Waals surface area (Å²) in [6.45, 7) is 3.21. The Labute approximate surface area is 151 Å². The molecule has 0 aliphatic carbocycles. The van der Waals surface area contributed by atoms with E-state index >= 15 is 0 Å². The lowest BCUT2D eigenvalue weighted by Gasteiger charge is -2.39. The van der Waals surface area contributed by atoms with Gasteiger partial charge in [0.25, 0.3) is 0 Å². The van der Waals surface area contributed by atoms with Crippen LogP contribution in [0.2, 0.25) is 0 Å². The van der Waals surface area contributed by atoms with Crippen LogP contribution in [-0.4, -0.2) is 36.0 Å². The van der Waals surface area contributed by atoms with Crippen LogP contribution in [0.15, 0.2) is 46.6 Å². The first-order valence-corrected chi connectivity index (χ1v) is 9.24. The maximum absolute atomic E-state index is 12.3. The van der Waals surface area contributed by atoms with Gasteiger partial charge in [0.05, 0.1) is 12.7 Å². The van der Waals surface area contributed by atoms with Crippen LogP contribution in [0, 0.1) is 0 Å². The van der Waals surface area contributed by atoms with Crippen LogP contribution in [0.4, 0.5) is 0 Å². The molecule has 0 N–H and O–H groups in total. The number of benzene rings is 1. The van der Waals surface area contributed by atoms with E-state index < -0.39 is 23.1 Å². The van der Waals surface area contributed by atoms with Crippen molar-refractivity contribution in [2.75, 3.05) is 12.9 Å². The quantitative estimate of drug-likeness (QED) is 0.590. The molecule has 1 saturated heterocycles. The Morgan fingerprint density at radius 3 is 2.60 bits per heavy atom. The van der Waals surface area contributed by atoms with Crippen LogP contribution < -0.4 is 0 Å². The number of esters is 2. The van der Waals surface area contributed by atoms with E-state index in [0.29, 0.717) is 24.2 Å². The average Bonchev–Trinajstić information content (AvgIpc) is 2.85. The van der Waals surface area contributed by atoms with Gasteiger partial charge in [0.2, 0.25) is 0 Å². The average molecular weight is 362 g/mol. The SMILES string of the molecule is COC(=O)C1=C(OC(C)=O)C[C@]2(CSc3ccccc3)CC[C@@]1(C)O2. The van der Waals surface area contributed by atoms with Crippen LogP contribution in [0.3, 0.4) is 0 Å². The Kier molecular flexibility index (Phi) is 4.93. The second-order valence-electron chi connectivity index (χ2n) is 6.68. The van der Waals surface area contributed by atoms with Crippen molar-refractivity contribution in [2.24, 2.45) is 0 Å². The summed E-state index contributed by atoms with van der Waals surface area (Å²) in [6, 6.07) is 10.1. The molecule has 0 aromatic heterocycles. The van der Waals surface area contributed by atoms with Gasteiger partial charge in [-0.1, -0.05) is 18.2 Å². The third-order valence-electron chi connectivity index (χ3n) is 4.69. The largest absolute Gasteiger partial charge is 0.465 e. The Balaban J connectivity index is 1.88. The molecule has 2 aliphatic rings. The molecule has 0 amide bonds. The number of hydrogen-bond acceptors (Lipinski definition) is 6. The van der Waals surface area contributed by atoms with Crippen molar-refractivity contribution in [1.29, 1.82) is 0 Å². The first-order valence-electron chi connectivity index (χ1n) is 8.26. The van der Waals surface area contributed by atoms with Crippen molar-refractivity contribution in [3.63, 3.8) is 0 Å². The van der Waals surface area contributed by atoms with Crippen molar-refractivity contribution < 1.29 is 23.8 Å². The number of carbonyl (C=O) groups is 2. The highest BCUT2D eigenvalue weighted by atomic mass is 32.2. The van der Waals surface area contributed by atoms with E-state index in [4.69, 9.17) is 14.2 Å². The molecule has 1 fully saturated rings. The van der Waals surface area contributed by atoms with Gasteiger partial charge in [0.1, 0.15) is 16.9 Å². The zero-order valence-corrected chi connectivity index (χ0v) is 15.5. The van der Waals surface area contributed by atoms with E-state index in [1.54, 1.807) is 11.8 Å². The van der Waals surface area contributed by atoms with Crippen LogP contribution >= 0.6 is 11.8 Å². The van der Waals surface area contributed by atoms with Gasteiger partial charge in [-0.3, -0.25) is 4.79 Å². The lowest BCUT2D eigenvalue weighted by Crippen LogP contribution is -2.45. The lowest BCUT2D eigenvalue weighted by atomic mass is 9.91. The molecule has 0 spiro atoms. The van der Waals surface area contributed by atoms with Crippen molar-refractivity contribution in [2.45, 2.75) is 49.2 Å². The number of thioether (sulfide) groups is 1. The topological polar surface area (TPSA) is 61.8 Å². The van der Waals surface area contributed by atoms with Gasteiger partial charge in [-0.25, -0.2) is 4.79 Å². The second kappa shape index (κ2) is 6.84. The van der Waals surface area contributed by atoms with E-state index in [1.807, 2.05) is 25.1 Å². The predicted octanol–water partition coefficient (Wildman–Crippen LogP) is 3.48. The molecule has 6 heteroatoms. The number of ether oxygens (including phenoxy) is 3. The molecular weight excluding hydrogens is 340 g/mol. The molecule has 2 heterocycles. The first-order chi connectivity index (χ1) is 11.9. The summed E-state index contributed by atoms with van der Waals surface area (Å²) in [5, 5.41) is 0. The summed E-state index contributed by atoms with van der Waals surface area (Å²) >= 11 is 1.71. The molecule has 1 aromatic rings. The predicted molar refractivity (Wildman–Crippen MR) is 94.0 cm³/mol. The van der Waals surface area contributed by atoms with Gasteiger partial charge < -0.3 is 14.2 Å². The second-order valence-corrected chi connectivity index (χ2v) is 7.73. The standard InChI is InChI=1S/C19H22O5S/c1-13(20)23-15-11-19(12-25-14-7-5-4-6-8-14)10-9-18(2,24-19)16(15)17(21)22-3/h4-8H,9-12H2,1-3H3/t18-,19+/m1/s1. The maximum Gasteiger partial charge on any atom is 0.340 e. The van der Waals surface area contributed by atoms with Gasteiger partial charge in [-0.15, -0.1) is 11.8 Å². The number of rotatable bonds is 5. The summed E-state index contributed by atoms with van der Waals surface area (Å²) < 4.78 is 16.7. The van der Waals surface area contributed by atoms with Crippen molar-refractivity contribution in [3.05, 3.63) is 41.7 Å². The van der Waals surface area contributed by atoms with Gasteiger partial charge in [0.15, 0.2) is 0 Å². The third kappa shape index (κ3) is 3.60. The summed E-state index contributed by atoms with van der Waals surface area (Å²) in [5.41, 5.74) is -0.895. The molecule has 1 aromatic carbocycles. The number of methoxy groups -OCH3 is 1. The van der Waals surface area contributed by atoms with Crippen LogP contribution in [0.1, 0.15) is 33.1 Å². The van der Waals surface area contributed by atoms with Crippen molar-refractivity contribution in [1.82, 2.24) is 0 Å². The lowest BCUT2D eigenvalue weighted by molar-refractivity contribution is -0.147. The zero-order valence-electron chi connectivity index (χ0n) is 14.7. The minimum atomic E-state index is -0.784. The van der Waals surface area contributed by atoms with Gasteiger partial charge in [-0.05, 0) is 31.9 Å². The summed E-state index contributed by atoms with van der Waals surface area (Å²) in [4.78, 5) is 25.0.